The second kappa shape index (κ2) is 10.6. The number of ketones is 1. The van der Waals surface area contributed by atoms with E-state index in [-0.39, 0.29) is 5.78 Å². The monoisotopic (exact) mass is 374 g/mol. The van der Waals surface area contributed by atoms with Crippen LogP contribution in [0.4, 0.5) is 0 Å². The molecule has 1 aromatic carbocycles. The van der Waals surface area contributed by atoms with Crippen LogP contribution in [-0.4, -0.2) is 30.6 Å². The number of carbonyl (C=O) groups excluding carboxylic acids is 1. The quantitative estimate of drug-likeness (QED) is 0.525. The summed E-state index contributed by atoms with van der Waals surface area (Å²) < 4.78 is 5.06. The van der Waals surface area contributed by atoms with Gasteiger partial charge in [-0.3, -0.25) is 9.59 Å². The normalized spacial score (nSPS) is 17.0. The molecule has 0 radical (unpaired) electrons. The fourth-order valence-corrected chi connectivity index (χ4v) is 4.33. The van der Waals surface area contributed by atoms with Crippen molar-refractivity contribution >= 4 is 11.8 Å². The zero-order valence-corrected chi connectivity index (χ0v) is 16.8. The molecule has 0 amide bonds. The molecule has 1 aromatic rings. The fourth-order valence-electron chi connectivity index (χ4n) is 4.33. The van der Waals surface area contributed by atoms with Gasteiger partial charge in [-0.05, 0) is 57.4 Å². The molecule has 150 valence electrons. The summed E-state index contributed by atoms with van der Waals surface area (Å²) in [6.45, 7) is 2.51. The van der Waals surface area contributed by atoms with Crippen molar-refractivity contribution < 1.29 is 19.4 Å². The maximum Gasteiger partial charge on any atom is 0.306 e. The standard InChI is InChI=1S/C23H34O4/c1-18-9-11-19(12-10-18)7-3-4-8-21(24)23(14-5-6-15-23)17-20(22(25)26)13-16-27-2/h9-12,20H,3-8,13-17H2,1-2H3,(H,25,26)/t20-/m1/s1. The van der Waals surface area contributed by atoms with Gasteiger partial charge >= 0.3 is 5.97 Å². The van der Waals surface area contributed by atoms with Crippen molar-refractivity contribution in [3.05, 3.63) is 35.4 Å². The zero-order valence-electron chi connectivity index (χ0n) is 16.8. The molecule has 27 heavy (non-hydrogen) atoms. The number of hydrogen-bond acceptors (Lipinski definition) is 3. The number of aliphatic carboxylic acids is 1. The summed E-state index contributed by atoms with van der Waals surface area (Å²) in [4.78, 5) is 24.7. The first-order valence-electron chi connectivity index (χ1n) is 10.3. The lowest BCUT2D eigenvalue weighted by molar-refractivity contribution is -0.144. The van der Waals surface area contributed by atoms with E-state index in [1.807, 2.05) is 0 Å². The van der Waals surface area contributed by atoms with E-state index in [1.165, 1.54) is 11.1 Å². The van der Waals surface area contributed by atoms with Crippen molar-refractivity contribution in [2.75, 3.05) is 13.7 Å². The predicted molar refractivity (Wildman–Crippen MR) is 107 cm³/mol. The predicted octanol–water partition coefficient (Wildman–Crippen LogP) is 4.96. The van der Waals surface area contributed by atoms with Gasteiger partial charge in [-0.1, -0.05) is 42.7 Å². The molecule has 1 saturated carbocycles. The number of carboxylic acids is 1. The number of carboxylic acid groups (broad SMARTS) is 1. The van der Waals surface area contributed by atoms with Gasteiger partial charge < -0.3 is 9.84 Å². The number of carbonyl (C=O) groups is 2. The minimum atomic E-state index is -0.800. The number of Topliss-reactive ketones (excluding diaryl/α,β-unsaturated/α-hetero) is 1. The van der Waals surface area contributed by atoms with E-state index < -0.39 is 17.3 Å². The van der Waals surface area contributed by atoms with Crippen molar-refractivity contribution in [3.63, 3.8) is 0 Å². The maximum atomic E-state index is 13.0. The fraction of sp³-hybridized carbons (Fsp3) is 0.652. The Morgan fingerprint density at radius 1 is 1.15 bits per heavy atom. The van der Waals surface area contributed by atoms with E-state index in [0.717, 1.165) is 44.9 Å². The SMILES string of the molecule is COCC[C@H](CC1(C(=O)CCCCc2ccc(C)cc2)CCCC1)C(=O)O. The molecule has 1 atom stereocenters. The molecule has 4 heteroatoms. The molecule has 1 aliphatic carbocycles. The van der Waals surface area contributed by atoms with Gasteiger partial charge in [0.1, 0.15) is 5.78 Å². The molecule has 1 N–H and O–H groups in total. The summed E-state index contributed by atoms with van der Waals surface area (Å²) in [5.41, 5.74) is 2.16. The maximum absolute atomic E-state index is 13.0. The number of ether oxygens (including phenoxy) is 1. The lowest BCUT2D eigenvalue weighted by atomic mass is 9.72. The third kappa shape index (κ3) is 6.46. The molecule has 1 fully saturated rings. The van der Waals surface area contributed by atoms with E-state index in [9.17, 15) is 14.7 Å². The Labute approximate surface area is 163 Å². The Hall–Kier alpha value is -1.68. The summed E-state index contributed by atoms with van der Waals surface area (Å²) in [5, 5.41) is 9.55. The number of hydrogen-bond donors (Lipinski definition) is 1. The Morgan fingerprint density at radius 2 is 1.81 bits per heavy atom. The third-order valence-corrected chi connectivity index (χ3v) is 6.05. The Morgan fingerprint density at radius 3 is 2.41 bits per heavy atom. The van der Waals surface area contributed by atoms with E-state index in [4.69, 9.17) is 4.74 Å². The molecular formula is C23H34O4. The molecule has 0 spiro atoms. The summed E-state index contributed by atoms with van der Waals surface area (Å²) in [6.07, 6.45) is 8.16. The molecule has 0 bridgehead atoms. The Bertz CT molecular complexity index is 599. The molecule has 0 aliphatic heterocycles. The second-order valence-corrected chi connectivity index (χ2v) is 8.12. The summed E-state index contributed by atoms with van der Waals surface area (Å²) in [5.74, 6) is -1.00. The highest BCUT2D eigenvalue weighted by atomic mass is 16.5. The number of benzene rings is 1. The third-order valence-electron chi connectivity index (χ3n) is 6.05. The summed E-state index contributed by atoms with van der Waals surface area (Å²) in [7, 11) is 1.59. The highest BCUT2D eigenvalue weighted by Gasteiger charge is 2.43. The van der Waals surface area contributed by atoms with Crippen LogP contribution in [0.5, 0.6) is 0 Å². The number of rotatable bonds is 12. The van der Waals surface area contributed by atoms with Crippen molar-refractivity contribution in [2.45, 2.75) is 71.1 Å². The van der Waals surface area contributed by atoms with Crippen LogP contribution in [0.15, 0.2) is 24.3 Å². The van der Waals surface area contributed by atoms with Gasteiger partial charge in [0.15, 0.2) is 0 Å². The Balaban J connectivity index is 1.87. The van der Waals surface area contributed by atoms with Crippen LogP contribution < -0.4 is 0 Å². The topological polar surface area (TPSA) is 63.6 Å². The van der Waals surface area contributed by atoms with E-state index >= 15 is 0 Å². The van der Waals surface area contributed by atoms with Crippen LogP contribution in [0, 0.1) is 18.3 Å². The zero-order chi connectivity index (χ0) is 19.7. The highest BCUT2D eigenvalue weighted by Crippen LogP contribution is 2.45. The first-order valence-corrected chi connectivity index (χ1v) is 10.3. The van der Waals surface area contributed by atoms with Crippen LogP contribution >= 0.6 is 0 Å². The second-order valence-electron chi connectivity index (χ2n) is 8.12. The van der Waals surface area contributed by atoms with E-state index in [0.29, 0.717) is 25.9 Å². The van der Waals surface area contributed by atoms with Gasteiger partial charge in [0, 0.05) is 25.6 Å². The molecule has 1 aliphatic rings. The van der Waals surface area contributed by atoms with Gasteiger partial charge in [0.05, 0.1) is 5.92 Å². The first kappa shape index (κ1) is 21.6. The Kier molecular flexibility index (Phi) is 8.49. The molecular weight excluding hydrogens is 340 g/mol. The lowest BCUT2D eigenvalue weighted by Gasteiger charge is -2.30. The van der Waals surface area contributed by atoms with E-state index in [2.05, 4.69) is 31.2 Å². The highest BCUT2D eigenvalue weighted by molar-refractivity contribution is 5.85. The van der Waals surface area contributed by atoms with E-state index in [1.54, 1.807) is 7.11 Å². The largest absolute Gasteiger partial charge is 0.481 e. The minimum Gasteiger partial charge on any atom is -0.481 e. The van der Waals surface area contributed by atoms with Gasteiger partial charge in [0.2, 0.25) is 0 Å². The smallest absolute Gasteiger partial charge is 0.306 e. The van der Waals surface area contributed by atoms with Crippen molar-refractivity contribution in [1.29, 1.82) is 0 Å². The average molecular weight is 375 g/mol. The number of aryl methyl sites for hydroxylation is 2. The van der Waals surface area contributed by atoms with Crippen LogP contribution in [-0.2, 0) is 20.7 Å². The molecule has 0 saturated heterocycles. The van der Waals surface area contributed by atoms with Gasteiger partial charge in [-0.15, -0.1) is 0 Å². The van der Waals surface area contributed by atoms with Crippen LogP contribution in [0.1, 0.15) is 68.9 Å². The lowest BCUT2D eigenvalue weighted by Crippen LogP contribution is -2.33. The van der Waals surface area contributed by atoms with Crippen LogP contribution in [0.25, 0.3) is 0 Å². The van der Waals surface area contributed by atoms with Crippen molar-refractivity contribution in [3.8, 4) is 0 Å². The van der Waals surface area contributed by atoms with Crippen LogP contribution in [0.2, 0.25) is 0 Å². The molecule has 0 unspecified atom stereocenters. The van der Waals surface area contributed by atoms with Crippen molar-refractivity contribution in [2.24, 2.45) is 11.3 Å². The van der Waals surface area contributed by atoms with Gasteiger partial charge in [-0.25, -0.2) is 0 Å². The molecule has 0 heterocycles. The van der Waals surface area contributed by atoms with Gasteiger partial charge in [0.25, 0.3) is 0 Å². The number of methoxy groups -OCH3 is 1. The minimum absolute atomic E-state index is 0.285. The average Bonchev–Trinajstić information content (AvgIpc) is 3.13. The molecule has 0 aromatic heterocycles. The van der Waals surface area contributed by atoms with Crippen LogP contribution in [0.3, 0.4) is 0 Å². The van der Waals surface area contributed by atoms with Gasteiger partial charge in [-0.2, -0.15) is 0 Å². The van der Waals surface area contributed by atoms with Crippen molar-refractivity contribution in [1.82, 2.24) is 0 Å². The summed E-state index contributed by atoms with van der Waals surface area (Å²) >= 11 is 0. The first-order chi connectivity index (χ1) is 13.0. The number of unbranched alkanes of at least 4 members (excludes halogenated alkanes) is 1. The molecule has 4 nitrogen and oxygen atoms in total. The molecule has 2 rings (SSSR count). The summed E-state index contributed by atoms with van der Waals surface area (Å²) in [6, 6.07) is 8.56.